The summed E-state index contributed by atoms with van der Waals surface area (Å²) >= 11 is 1.67. The van der Waals surface area contributed by atoms with Gasteiger partial charge in [-0.3, -0.25) is 4.79 Å². The number of piperazine rings is 1. The maximum absolute atomic E-state index is 13.5. The molecule has 1 aromatic carbocycles. The lowest BCUT2D eigenvalue weighted by Gasteiger charge is -2.40. The highest BCUT2D eigenvalue weighted by atomic mass is 32.1. The van der Waals surface area contributed by atoms with Crippen molar-refractivity contribution in [3.63, 3.8) is 0 Å². The van der Waals surface area contributed by atoms with E-state index in [9.17, 15) is 4.79 Å². The number of rotatable bonds is 8. The molecule has 0 bridgehead atoms. The zero-order chi connectivity index (χ0) is 24.8. The van der Waals surface area contributed by atoms with Gasteiger partial charge in [-0.1, -0.05) is 62.4 Å². The summed E-state index contributed by atoms with van der Waals surface area (Å²) in [5.74, 6) is -0.0877. The number of carbonyl (C=O) groups is 1. The molecule has 4 rings (SSSR count). The largest absolute Gasteiger partial charge is 0.346 e. The van der Waals surface area contributed by atoms with Gasteiger partial charge in [0.05, 0.1) is 17.7 Å². The number of carbonyl (C=O) groups excluding carboxylic acids is 1. The number of aromatic nitrogens is 1. The number of nitrogens with zero attached hydrogens (tertiary/aromatic N) is 4. The van der Waals surface area contributed by atoms with Gasteiger partial charge in [0, 0.05) is 37.0 Å². The predicted octanol–water partition coefficient (Wildman–Crippen LogP) is 4.48. The van der Waals surface area contributed by atoms with Gasteiger partial charge in [0.25, 0.3) is 0 Å². The van der Waals surface area contributed by atoms with Crippen LogP contribution in [0.25, 0.3) is 5.57 Å². The minimum Gasteiger partial charge on any atom is -0.346 e. The molecule has 2 atom stereocenters. The molecule has 0 spiro atoms. The van der Waals surface area contributed by atoms with Crippen LogP contribution in [0.2, 0.25) is 0 Å². The fourth-order valence-corrected chi connectivity index (χ4v) is 6.08. The Kier molecular flexibility index (Phi) is 8.04. The van der Waals surface area contributed by atoms with E-state index in [1.165, 1.54) is 5.57 Å². The zero-order valence-corrected chi connectivity index (χ0v) is 21.7. The van der Waals surface area contributed by atoms with Crippen LogP contribution in [0.15, 0.2) is 53.9 Å². The first-order valence-electron chi connectivity index (χ1n) is 12.4. The number of nitrogens with one attached hydrogen (secondary N) is 1. The van der Waals surface area contributed by atoms with E-state index >= 15 is 0 Å². The van der Waals surface area contributed by atoms with E-state index in [1.807, 2.05) is 6.07 Å². The summed E-state index contributed by atoms with van der Waals surface area (Å²) in [5.41, 5.74) is 2.73. The second-order valence-electron chi connectivity index (χ2n) is 10.00. The minimum atomic E-state index is -0.578. The van der Waals surface area contributed by atoms with Gasteiger partial charge in [-0.2, -0.15) is 5.26 Å². The van der Waals surface area contributed by atoms with Crippen molar-refractivity contribution in [1.29, 1.82) is 5.26 Å². The van der Waals surface area contributed by atoms with Crippen molar-refractivity contribution in [3.8, 4) is 6.07 Å². The lowest BCUT2D eigenvalue weighted by molar-refractivity contribution is -0.127. The molecule has 184 valence electrons. The normalized spacial score (nSPS) is 21.5. The van der Waals surface area contributed by atoms with Crippen LogP contribution >= 0.6 is 11.3 Å². The highest BCUT2D eigenvalue weighted by Crippen LogP contribution is 2.47. The second-order valence-corrected chi connectivity index (χ2v) is 10.8. The quantitative estimate of drug-likeness (QED) is 0.554. The van der Waals surface area contributed by atoms with Crippen molar-refractivity contribution < 1.29 is 4.79 Å². The summed E-state index contributed by atoms with van der Waals surface area (Å²) in [6.07, 6.45) is 7.83. The molecule has 7 heteroatoms. The standard InChI is InChI=1S/C28H35N5OS/c1-21(2)18-24(26(34)30-13-12-29)28(11-7-10-23(19-28)22-8-5-4-6-9-22)25-20-35-27(31-25)33-16-14-32(3)15-17-33/h4-11,20-21,24H,13-19H2,1-3H3,(H,30,34). The number of likely N-dealkylation sites (N-methyl/N-ethyl adjacent to an activating group) is 1. The molecule has 2 aromatic rings. The molecule has 1 aliphatic heterocycles. The number of hydrogen-bond donors (Lipinski definition) is 1. The molecule has 1 aliphatic carbocycles. The maximum Gasteiger partial charge on any atom is 0.225 e. The molecule has 1 fully saturated rings. The van der Waals surface area contributed by atoms with E-state index in [4.69, 9.17) is 10.2 Å². The van der Waals surface area contributed by atoms with Crippen LogP contribution in [0.5, 0.6) is 0 Å². The second kappa shape index (κ2) is 11.2. The van der Waals surface area contributed by atoms with Gasteiger partial charge < -0.3 is 15.1 Å². The van der Waals surface area contributed by atoms with Gasteiger partial charge in [0.2, 0.25) is 5.91 Å². The Labute approximate surface area is 213 Å². The topological polar surface area (TPSA) is 72.3 Å². The summed E-state index contributed by atoms with van der Waals surface area (Å²) in [4.78, 5) is 23.4. The van der Waals surface area contributed by atoms with Crippen LogP contribution in [0.3, 0.4) is 0 Å². The number of nitriles is 1. The molecule has 1 amide bonds. The van der Waals surface area contributed by atoms with Crippen molar-refractivity contribution in [2.45, 2.75) is 32.1 Å². The molecule has 2 heterocycles. The van der Waals surface area contributed by atoms with E-state index in [0.29, 0.717) is 18.8 Å². The SMILES string of the molecule is CC(C)CC(C(=O)NCC#N)C1(c2csc(N3CCN(C)CC3)n2)C=CC=C(c2ccccc2)C1. The monoisotopic (exact) mass is 489 g/mol. The predicted molar refractivity (Wildman–Crippen MR) is 143 cm³/mol. The maximum atomic E-state index is 13.5. The van der Waals surface area contributed by atoms with Gasteiger partial charge in [-0.15, -0.1) is 11.3 Å². The summed E-state index contributed by atoms with van der Waals surface area (Å²) in [5, 5.41) is 15.2. The number of hydrogen-bond acceptors (Lipinski definition) is 6. The third-order valence-electron chi connectivity index (χ3n) is 7.05. The number of anilines is 1. The number of thiazole rings is 1. The molecule has 0 saturated carbocycles. The number of benzene rings is 1. The Hall–Kier alpha value is -2.95. The van der Waals surface area contributed by atoms with Crippen molar-refractivity contribution in [3.05, 3.63) is 65.2 Å². The zero-order valence-electron chi connectivity index (χ0n) is 20.9. The van der Waals surface area contributed by atoms with Crippen molar-refractivity contribution in [2.24, 2.45) is 11.8 Å². The summed E-state index contributed by atoms with van der Waals surface area (Å²) in [6, 6.07) is 12.4. The van der Waals surface area contributed by atoms with E-state index < -0.39 is 5.41 Å². The molecule has 2 aliphatic rings. The Bertz CT molecular complexity index is 1110. The Balaban J connectivity index is 1.75. The first-order chi connectivity index (χ1) is 16.9. The van der Waals surface area contributed by atoms with Gasteiger partial charge in [-0.25, -0.2) is 4.98 Å². The highest BCUT2D eigenvalue weighted by Gasteiger charge is 2.46. The highest BCUT2D eigenvalue weighted by molar-refractivity contribution is 7.13. The summed E-state index contributed by atoms with van der Waals surface area (Å²) in [6.45, 7) is 8.27. The molecular formula is C28H35N5OS. The Morgan fingerprint density at radius 1 is 1.23 bits per heavy atom. The van der Waals surface area contributed by atoms with Crippen LogP contribution < -0.4 is 10.2 Å². The molecular weight excluding hydrogens is 454 g/mol. The van der Waals surface area contributed by atoms with Gasteiger partial charge >= 0.3 is 0 Å². The lowest BCUT2D eigenvalue weighted by atomic mass is 9.64. The first-order valence-corrected chi connectivity index (χ1v) is 13.3. The summed E-state index contributed by atoms with van der Waals surface area (Å²) < 4.78 is 0. The van der Waals surface area contributed by atoms with E-state index in [-0.39, 0.29) is 18.4 Å². The smallest absolute Gasteiger partial charge is 0.225 e. The molecule has 1 N–H and O–H groups in total. The number of allylic oxidation sites excluding steroid dienone is 4. The third kappa shape index (κ3) is 5.66. The molecule has 35 heavy (non-hydrogen) atoms. The van der Waals surface area contributed by atoms with Crippen LogP contribution in [0.4, 0.5) is 5.13 Å². The van der Waals surface area contributed by atoms with E-state index in [1.54, 1.807) is 11.3 Å². The Morgan fingerprint density at radius 2 is 1.97 bits per heavy atom. The van der Waals surface area contributed by atoms with Crippen LogP contribution in [0.1, 0.15) is 37.9 Å². The van der Waals surface area contributed by atoms with Crippen LogP contribution in [-0.2, 0) is 10.2 Å². The molecule has 0 radical (unpaired) electrons. The van der Waals surface area contributed by atoms with Crippen molar-refractivity contribution in [1.82, 2.24) is 15.2 Å². The fourth-order valence-electron chi connectivity index (χ4n) is 5.11. The molecule has 1 saturated heterocycles. The van der Waals surface area contributed by atoms with E-state index in [0.717, 1.165) is 42.6 Å². The van der Waals surface area contributed by atoms with E-state index in [2.05, 4.69) is 90.0 Å². The van der Waals surface area contributed by atoms with Gasteiger partial charge in [0.1, 0.15) is 6.54 Å². The lowest BCUT2D eigenvalue weighted by Crippen LogP contribution is -2.46. The molecule has 6 nitrogen and oxygen atoms in total. The minimum absolute atomic E-state index is 0.0121. The summed E-state index contributed by atoms with van der Waals surface area (Å²) in [7, 11) is 2.15. The van der Waals surface area contributed by atoms with Crippen molar-refractivity contribution in [2.75, 3.05) is 44.7 Å². The average molecular weight is 490 g/mol. The fraction of sp³-hybridized carbons (Fsp3) is 0.464. The molecule has 1 aromatic heterocycles. The van der Waals surface area contributed by atoms with Gasteiger partial charge in [-0.05, 0) is 36.9 Å². The Morgan fingerprint density at radius 3 is 2.66 bits per heavy atom. The van der Waals surface area contributed by atoms with Crippen molar-refractivity contribution >= 4 is 27.9 Å². The van der Waals surface area contributed by atoms with Crippen LogP contribution in [0, 0.1) is 23.2 Å². The van der Waals surface area contributed by atoms with Gasteiger partial charge in [0.15, 0.2) is 5.13 Å². The molecule has 2 unspecified atom stereocenters. The first kappa shape index (κ1) is 25.2. The third-order valence-corrected chi connectivity index (χ3v) is 7.95. The number of amides is 1. The van der Waals surface area contributed by atoms with Crippen LogP contribution in [-0.4, -0.2) is 55.6 Å². The average Bonchev–Trinajstić information content (AvgIpc) is 3.38.